The van der Waals surface area contributed by atoms with Crippen LogP contribution in [0.5, 0.6) is 0 Å². The number of aliphatic hydroxyl groups is 1. The summed E-state index contributed by atoms with van der Waals surface area (Å²) in [5.74, 6) is -0.0997. The van der Waals surface area contributed by atoms with Gasteiger partial charge in [0, 0.05) is 45.3 Å². The second-order valence-corrected chi connectivity index (χ2v) is 5.56. The Hall–Kier alpha value is -1.43. The van der Waals surface area contributed by atoms with Gasteiger partial charge < -0.3 is 15.3 Å². The number of likely N-dealkylation sites (N-methyl/N-ethyl adjacent to an activating group) is 1. The quantitative estimate of drug-likeness (QED) is 0.859. The largest absolute Gasteiger partial charge is 0.387 e. The van der Waals surface area contributed by atoms with E-state index in [1.807, 2.05) is 24.3 Å². The molecular weight excluding hydrogens is 266 g/mol. The number of rotatable bonds is 5. The molecule has 1 unspecified atom stereocenters. The van der Waals surface area contributed by atoms with Gasteiger partial charge in [-0.3, -0.25) is 9.69 Å². The van der Waals surface area contributed by atoms with Crippen LogP contribution in [0.1, 0.15) is 25.5 Å². The highest BCUT2D eigenvalue weighted by molar-refractivity contribution is 5.88. The minimum absolute atomic E-state index is 0.0997. The average Bonchev–Trinajstić information content (AvgIpc) is 2.47. The lowest BCUT2D eigenvalue weighted by Crippen LogP contribution is -2.47. The van der Waals surface area contributed by atoms with Crippen LogP contribution in [0.25, 0.3) is 0 Å². The Labute approximate surface area is 126 Å². The molecule has 2 rings (SSSR count). The van der Waals surface area contributed by atoms with Crippen LogP contribution < -0.4 is 5.32 Å². The molecule has 1 saturated heterocycles. The Kier molecular flexibility index (Phi) is 5.73. The zero-order valence-electron chi connectivity index (χ0n) is 12.9. The van der Waals surface area contributed by atoms with E-state index in [1.54, 1.807) is 0 Å². The molecule has 5 nitrogen and oxygen atoms in total. The van der Waals surface area contributed by atoms with Crippen LogP contribution in [0.2, 0.25) is 0 Å². The topological polar surface area (TPSA) is 55.8 Å². The fourth-order valence-corrected chi connectivity index (χ4v) is 2.67. The first-order valence-corrected chi connectivity index (χ1v) is 7.59. The van der Waals surface area contributed by atoms with E-state index in [2.05, 4.69) is 22.0 Å². The molecular formula is C16H25N3O2. The number of hydrogen-bond donors (Lipinski definition) is 2. The molecule has 0 saturated carbocycles. The first-order chi connectivity index (χ1) is 10.1. The monoisotopic (exact) mass is 291 g/mol. The van der Waals surface area contributed by atoms with Gasteiger partial charge in [-0.05, 0) is 24.2 Å². The molecule has 0 aromatic heterocycles. The number of anilines is 1. The zero-order chi connectivity index (χ0) is 15.2. The zero-order valence-corrected chi connectivity index (χ0v) is 12.9. The molecule has 0 bridgehead atoms. The summed E-state index contributed by atoms with van der Waals surface area (Å²) >= 11 is 0. The summed E-state index contributed by atoms with van der Waals surface area (Å²) in [6.45, 7) is 9.52. The standard InChI is InChI=1S/C16H25N3O2/c1-3-18-7-9-19(10-8-18)12-16(21)14-5-4-6-15(11-14)17-13(2)20/h4-6,11,16,21H,3,7-10,12H2,1-2H3,(H,17,20). The van der Waals surface area contributed by atoms with Crippen LogP contribution in [0.4, 0.5) is 5.69 Å². The van der Waals surface area contributed by atoms with Crippen LogP contribution in [0, 0.1) is 0 Å². The summed E-state index contributed by atoms with van der Waals surface area (Å²) < 4.78 is 0. The van der Waals surface area contributed by atoms with Gasteiger partial charge in [-0.2, -0.15) is 0 Å². The highest BCUT2D eigenvalue weighted by Crippen LogP contribution is 2.19. The molecule has 21 heavy (non-hydrogen) atoms. The predicted molar refractivity (Wildman–Crippen MR) is 84.3 cm³/mol. The summed E-state index contributed by atoms with van der Waals surface area (Å²) in [4.78, 5) is 15.8. The molecule has 1 aliphatic rings. The van der Waals surface area contributed by atoms with Crippen molar-refractivity contribution in [3.05, 3.63) is 29.8 Å². The van der Waals surface area contributed by atoms with E-state index >= 15 is 0 Å². The van der Waals surface area contributed by atoms with Gasteiger partial charge in [0.2, 0.25) is 5.91 Å². The fraction of sp³-hybridized carbons (Fsp3) is 0.562. The molecule has 1 fully saturated rings. The summed E-state index contributed by atoms with van der Waals surface area (Å²) in [5, 5.41) is 13.1. The van der Waals surface area contributed by atoms with Crippen molar-refractivity contribution in [2.75, 3.05) is 44.6 Å². The number of amides is 1. The summed E-state index contributed by atoms with van der Waals surface area (Å²) in [6.07, 6.45) is -0.521. The molecule has 0 radical (unpaired) electrons. The normalized spacial score (nSPS) is 18.4. The van der Waals surface area contributed by atoms with E-state index < -0.39 is 6.10 Å². The third kappa shape index (κ3) is 4.81. The van der Waals surface area contributed by atoms with Gasteiger partial charge in [0.25, 0.3) is 0 Å². The van der Waals surface area contributed by atoms with Gasteiger partial charge in [-0.1, -0.05) is 19.1 Å². The van der Waals surface area contributed by atoms with Crippen molar-refractivity contribution in [3.63, 3.8) is 0 Å². The number of β-amino-alcohol motifs (C(OH)–C–C–N with tert-alkyl or cyclic N) is 1. The number of hydrogen-bond acceptors (Lipinski definition) is 4. The number of nitrogens with zero attached hydrogens (tertiary/aromatic N) is 2. The maximum absolute atomic E-state index is 11.1. The van der Waals surface area contributed by atoms with Gasteiger partial charge in [-0.15, -0.1) is 0 Å². The Morgan fingerprint density at radius 2 is 1.95 bits per heavy atom. The van der Waals surface area contributed by atoms with Crippen molar-refractivity contribution in [3.8, 4) is 0 Å². The molecule has 0 aliphatic carbocycles. The highest BCUT2D eigenvalue weighted by atomic mass is 16.3. The lowest BCUT2D eigenvalue weighted by molar-refractivity contribution is -0.114. The van der Waals surface area contributed by atoms with E-state index in [0.717, 1.165) is 44.0 Å². The molecule has 1 aromatic rings. The third-order valence-electron chi connectivity index (χ3n) is 3.94. The van der Waals surface area contributed by atoms with Gasteiger partial charge in [0.1, 0.15) is 0 Å². The summed E-state index contributed by atoms with van der Waals surface area (Å²) in [7, 11) is 0. The molecule has 1 aromatic carbocycles. The number of nitrogens with one attached hydrogen (secondary N) is 1. The van der Waals surface area contributed by atoms with Crippen molar-refractivity contribution in [2.45, 2.75) is 20.0 Å². The summed E-state index contributed by atoms with van der Waals surface area (Å²) in [5.41, 5.74) is 1.58. The first kappa shape index (κ1) is 15.9. The molecule has 1 amide bonds. The number of carbonyl (C=O) groups excluding carboxylic acids is 1. The number of benzene rings is 1. The predicted octanol–water partition coefficient (Wildman–Crippen LogP) is 1.32. The Morgan fingerprint density at radius 1 is 1.29 bits per heavy atom. The van der Waals surface area contributed by atoms with Crippen molar-refractivity contribution in [1.29, 1.82) is 0 Å². The molecule has 1 heterocycles. The Balaban J connectivity index is 1.91. The molecule has 0 spiro atoms. The van der Waals surface area contributed by atoms with Crippen LogP contribution in [0.3, 0.4) is 0 Å². The van der Waals surface area contributed by atoms with E-state index in [1.165, 1.54) is 6.92 Å². The Morgan fingerprint density at radius 3 is 2.57 bits per heavy atom. The van der Waals surface area contributed by atoms with E-state index in [-0.39, 0.29) is 5.91 Å². The lowest BCUT2D eigenvalue weighted by Gasteiger charge is -2.35. The molecule has 2 N–H and O–H groups in total. The molecule has 1 aliphatic heterocycles. The van der Waals surface area contributed by atoms with E-state index in [0.29, 0.717) is 6.54 Å². The maximum Gasteiger partial charge on any atom is 0.221 e. The number of carbonyl (C=O) groups is 1. The molecule has 1 atom stereocenters. The van der Waals surface area contributed by atoms with E-state index in [9.17, 15) is 9.90 Å². The van der Waals surface area contributed by atoms with Crippen LogP contribution in [-0.2, 0) is 4.79 Å². The fourth-order valence-electron chi connectivity index (χ4n) is 2.67. The van der Waals surface area contributed by atoms with Gasteiger partial charge in [0.05, 0.1) is 6.10 Å². The van der Waals surface area contributed by atoms with Crippen molar-refractivity contribution in [2.24, 2.45) is 0 Å². The SMILES string of the molecule is CCN1CCN(CC(O)c2cccc(NC(C)=O)c2)CC1. The van der Waals surface area contributed by atoms with Crippen LogP contribution >= 0.6 is 0 Å². The summed E-state index contributed by atoms with van der Waals surface area (Å²) in [6, 6.07) is 7.43. The van der Waals surface area contributed by atoms with E-state index in [4.69, 9.17) is 0 Å². The maximum atomic E-state index is 11.1. The minimum Gasteiger partial charge on any atom is -0.387 e. The Bertz CT molecular complexity index is 470. The van der Waals surface area contributed by atoms with Crippen molar-refractivity contribution in [1.82, 2.24) is 9.80 Å². The van der Waals surface area contributed by atoms with Crippen LogP contribution in [0.15, 0.2) is 24.3 Å². The van der Waals surface area contributed by atoms with Gasteiger partial charge in [-0.25, -0.2) is 0 Å². The average molecular weight is 291 g/mol. The molecule has 116 valence electrons. The second kappa shape index (κ2) is 7.54. The van der Waals surface area contributed by atoms with Crippen LogP contribution in [-0.4, -0.2) is 60.1 Å². The van der Waals surface area contributed by atoms with Gasteiger partial charge in [0.15, 0.2) is 0 Å². The first-order valence-electron chi connectivity index (χ1n) is 7.59. The highest BCUT2D eigenvalue weighted by Gasteiger charge is 2.19. The smallest absolute Gasteiger partial charge is 0.221 e. The van der Waals surface area contributed by atoms with Gasteiger partial charge >= 0.3 is 0 Å². The second-order valence-electron chi connectivity index (χ2n) is 5.56. The van der Waals surface area contributed by atoms with Crippen molar-refractivity contribution < 1.29 is 9.90 Å². The van der Waals surface area contributed by atoms with Crippen molar-refractivity contribution >= 4 is 11.6 Å². The number of piperazine rings is 1. The molecule has 5 heteroatoms. The lowest BCUT2D eigenvalue weighted by atomic mass is 10.1. The third-order valence-corrected chi connectivity index (χ3v) is 3.94. The minimum atomic E-state index is -0.521. The number of aliphatic hydroxyl groups excluding tert-OH is 1.